The van der Waals surface area contributed by atoms with E-state index in [1.807, 2.05) is 25.2 Å². The van der Waals surface area contributed by atoms with E-state index in [2.05, 4.69) is 10.4 Å². The van der Waals surface area contributed by atoms with Gasteiger partial charge in [-0.2, -0.15) is 5.10 Å². The number of aryl methyl sites for hydroxylation is 1. The van der Waals surface area contributed by atoms with E-state index in [-0.39, 0.29) is 0 Å². The summed E-state index contributed by atoms with van der Waals surface area (Å²) in [5, 5.41) is 7.39. The lowest BCUT2D eigenvalue weighted by atomic mass is 10.4. The van der Waals surface area contributed by atoms with E-state index < -0.39 is 0 Å². The molecule has 0 bridgehead atoms. The summed E-state index contributed by atoms with van der Waals surface area (Å²) < 4.78 is 12.2. The Morgan fingerprint density at radius 2 is 2.24 bits per heavy atom. The normalized spacial score (nSPS) is 10.5. The third-order valence-corrected chi connectivity index (χ3v) is 2.41. The third-order valence-electron chi connectivity index (χ3n) is 2.41. The Labute approximate surface area is 99.4 Å². The molecule has 0 spiro atoms. The molecule has 0 aliphatic heterocycles. The van der Waals surface area contributed by atoms with E-state index in [1.54, 1.807) is 11.8 Å². The molecule has 6 heteroatoms. The quantitative estimate of drug-likeness (QED) is 0.812. The van der Waals surface area contributed by atoms with Gasteiger partial charge in [0.05, 0.1) is 20.2 Å². The maximum atomic E-state index is 5.47. The van der Waals surface area contributed by atoms with E-state index in [9.17, 15) is 0 Å². The van der Waals surface area contributed by atoms with Crippen LogP contribution in [0, 0.1) is 0 Å². The highest BCUT2D eigenvalue weighted by Crippen LogP contribution is 2.16. The fourth-order valence-corrected chi connectivity index (χ4v) is 1.53. The first-order chi connectivity index (χ1) is 8.22. The number of nitrogens with two attached hydrogens (primary N) is 1. The molecule has 2 aromatic heterocycles. The Balaban J connectivity index is 1.97. The van der Waals surface area contributed by atoms with Crippen LogP contribution in [0.1, 0.15) is 11.5 Å². The lowest BCUT2D eigenvalue weighted by Gasteiger charge is -1.98. The first-order valence-electron chi connectivity index (χ1n) is 5.32. The average Bonchev–Trinajstić information content (AvgIpc) is 2.92. The van der Waals surface area contributed by atoms with Crippen molar-refractivity contribution in [2.45, 2.75) is 13.1 Å². The van der Waals surface area contributed by atoms with Crippen LogP contribution in [0.25, 0.3) is 0 Å². The number of hydrogen-bond acceptors (Lipinski definition) is 5. The van der Waals surface area contributed by atoms with Crippen LogP contribution in [0.3, 0.4) is 0 Å². The maximum Gasteiger partial charge on any atom is 0.213 e. The Hall–Kier alpha value is -1.95. The summed E-state index contributed by atoms with van der Waals surface area (Å²) in [6, 6.07) is 5.60. The summed E-state index contributed by atoms with van der Waals surface area (Å²) in [7, 11) is 3.43. The summed E-state index contributed by atoms with van der Waals surface area (Å²) in [6.45, 7) is 0.984. The molecule has 0 unspecified atom stereocenters. The fraction of sp³-hybridized carbons (Fsp3) is 0.364. The van der Waals surface area contributed by atoms with Gasteiger partial charge in [-0.1, -0.05) is 0 Å². The van der Waals surface area contributed by atoms with E-state index in [0.717, 1.165) is 17.3 Å². The van der Waals surface area contributed by atoms with Crippen molar-refractivity contribution < 1.29 is 9.15 Å². The Bertz CT molecular complexity index is 489. The van der Waals surface area contributed by atoms with Gasteiger partial charge in [0.1, 0.15) is 11.5 Å². The van der Waals surface area contributed by atoms with Gasteiger partial charge < -0.3 is 20.2 Å². The molecule has 0 aliphatic rings. The van der Waals surface area contributed by atoms with Crippen molar-refractivity contribution in [2.24, 2.45) is 12.8 Å². The van der Waals surface area contributed by atoms with Crippen molar-refractivity contribution in [3.05, 3.63) is 29.7 Å². The number of aromatic nitrogens is 2. The van der Waals surface area contributed by atoms with Crippen molar-refractivity contribution in [3.63, 3.8) is 0 Å². The third kappa shape index (κ3) is 2.59. The molecule has 2 heterocycles. The topological polar surface area (TPSA) is 78.2 Å². The summed E-state index contributed by atoms with van der Waals surface area (Å²) in [5.74, 6) is 3.06. The predicted octanol–water partition coefficient (Wildman–Crippen LogP) is 1.09. The lowest BCUT2D eigenvalue weighted by Crippen LogP contribution is -2.00. The molecule has 3 N–H and O–H groups in total. The maximum absolute atomic E-state index is 5.47. The number of ether oxygens (including phenoxy) is 1. The van der Waals surface area contributed by atoms with Crippen LogP contribution in [0.4, 0.5) is 5.82 Å². The summed E-state index contributed by atoms with van der Waals surface area (Å²) >= 11 is 0. The molecule has 2 rings (SSSR count). The van der Waals surface area contributed by atoms with Crippen LogP contribution in [0.5, 0.6) is 5.88 Å². The molecule has 0 aliphatic carbocycles. The van der Waals surface area contributed by atoms with Crippen molar-refractivity contribution in [1.29, 1.82) is 0 Å². The molecule has 0 aromatic carbocycles. The smallest absolute Gasteiger partial charge is 0.213 e. The predicted molar refractivity (Wildman–Crippen MR) is 63.7 cm³/mol. The molecule has 0 saturated heterocycles. The zero-order valence-corrected chi connectivity index (χ0v) is 9.93. The zero-order valence-electron chi connectivity index (χ0n) is 9.93. The van der Waals surface area contributed by atoms with Gasteiger partial charge in [-0.15, -0.1) is 0 Å². The first-order valence-corrected chi connectivity index (χ1v) is 5.32. The van der Waals surface area contributed by atoms with Gasteiger partial charge in [0.15, 0.2) is 5.82 Å². The standard InChI is InChI=1S/C11H16N4O2/c1-15-11(16-2)5-10(14-15)13-7-9-4-3-8(6-12)17-9/h3-5H,6-7,12H2,1-2H3,(H,13,14). The van der Waals surface area contributed by atoms with Crippen molar-refractivity contribution in [1.82, 2.24) is 9.78 Å². The molecule has 0 radical (unpaired) electrons. The molecule has 2 aromatic rings. The van der Waals surface area contributed by atoms with Gasteiger partial charge in [0, 0.05) is 13.1 Å². The van der Waals surface area contributed by atoms with Gasteiger partial charge in [-0.3, -0.25) is 0 Å². The monoisotopic (exact) mass is 236 g/mol. The number of nitrogens with zero attached hydrogens (tertiary/aromatic N) is 2. The molecule has 6 nitrogen and oxygen atoms in total. The van der Waals surface area contributed by atoms with Gasteiger partial charge >= 0.3 is 0 Å². The van der Waals surface area contributed by atoms with Crippen LogP contribution in [-0.2, 0) is 20.1 Å². The highest BCUT2D eigenvalue weighted by atomic mass is 16.5. The molecule has 0 atom stereocenters. The van der Waals surface area contributed by atoms with Crippen molar-refractivity contribution in [3.8, 4) is 5.88 Å². The number of furan rings is 1. The van der Waals surface area contributed by atoms with Gasteiger partial charge in [0.25, 0.3) is 0 Å². The second-order valence-electron chi connectivity index (χ2n) is 3.62. The largest absolute Gasteiger partial charge is 0.481 e. The van der Waals surface area contributed by atoms with Crippen LogP contribution in [0.15, 0.2) is 22.6 Å². The Morgan fingerprint density at radius 3 is 2.82 bits per heavy atom. The van der Waals surface area contributed by atoms with Crippen molar-refractivity contribution in [2.75, 3.05) is 12.4 Å². The summed E-state index contributed by atoms with van der Waals surface area (Å²) in [4.78, 5) is 0. The van der Waals surface area contributed by atoms with Crippen LogP contribution in [0.2, 0.25) is 0 Å². The molecule has 0 saturated carbocycles. The highest BCUT2D eigenvalue weighted by molar-refractivity contribution is 5.38. The molecular weight excluding hydrogens is 220 g/mol. The van der Waals surface area contributed by atoms with Gasteiger partial charge in [-0.25, -0.2) is 4.68 Å². The molecule has 0 amide bonds. The average molecular weight is 236 g/mol. The van der Waals surface area contributed by atoms with E-state index >= 15 is 0 Å². The van der Waals surface area contributed by atoms with Crippen molar-refractivity contribution >= 4 is 5.82 Å². The van der Waals surface area contributed by atoms with Gasteiger partial charge in [0.2, 0.25) is 5.88 Å². The number of methoxy groups -OCH3 is 1. The SMILES string of the molecule is COc1cc(NCc2ccc(CN)o2)nn1C. The second kappa shape index (κ2) is 4.92. The molecule has 92 valence electrons. The fourth-order valence-electron chi connectivity index (χ4n) is 1.53. The molecule has 17 heavy (non-hydrogen) atoms. The van der Waals surface area contributed by atoms with Crippen LogP contribution in [-0.4, -0.2) is 16.9 Å². The molecular formula is C11H16N4O2. The Kier molecular flexibility index (Phi) is 3.34. The second-order valence-corrected chi connectivity index (χ2v) is 3.62. The van der Waals surface area contributed by atoms with Crippen LogP contribution < -0.4 is 15.8 Å². The number of nitrogens with one attached hydrogen (secondary N) is 1. The molecule has 0 fully saturated rings. The number of hydrogen-bond donors (Lipinski definition) is 2. The lowest BCUT2D eigenvalue weighted by molar-refractivity contribution is 0.373. The zero-order chi connectivity index (χ0) is 12.3. The van der Waals surface area contributed by atoms with E-state index in [1.165, 1.54) is 0 Å². The minimum Gasteiger partial charge on any atom is -0.481 e. The minimum atomic E-state index is 0.414. The summed E-state index contributed by atoms with van der Waals surface area (Å²) in [6.07, 6.45) is 0. The first kappa shape index (κ1) is 11.5. The van der Waals surface area contributed by atoms with E-state index in [4.69, 9.17) is 14.9 Å². The van der Waals surface area contributed by atoms with Gasteiger partial charge in [-0.05, 0) is 12.1 Å². The van der Waals surface area contributed by atoms with E-state index in [0.29, 0.717) is 19.0 Å². The Morgan fingerprint density at radius 1 is 1.47 bits per heavy atom. The number of anilines is 1. The van der Waals surface area contributed by atoms with Crippen LogP contribution >= 0.6 is 0 Å². The number of rotatable bonds is 5. The minimum absolute atomic E-state index is 0.414. The highest BCUT2D eigenvalue weighted by Gasteiger charge is 2.05. The summed E-state index contributed by atoms with van der Waals surface area (Å²) in [5.41, 5.74) is 5.47.